The molecule has 0 fully saturated rings. The van der Waals surface area contributed by atoms with Crippen molar-refractivity contribution in [2.24, 2.45) is 0 Å². The summed E-state index contributed by atoms with van der Waals surface area (Å²) in [5, 5.41) is 0. The summed E-state index contributed by atoms with van der Waals surface area (Å²) in [5.74, 6) is 0.000571. The minimum absolute atomic E-state index is 0. The molecule has 0 aromatic heterocycles. The first-order chi connectivity index (χ1) is 17.6. The summed E-state index contributed by atoms with van der Waals surface area (Å²) < 4.78 is 72.4. The first-order valence-electron chi connectivity index (χ1n) is 13.5. The molecule has 0 aliphatic carbocycles. The molecule has 0 radical (unpaired) electrons. The normalized spacial score (nSPS) is 11.5. The molecule has 2 N–H and O–H groups in total. The van der Waals surface area contributed by atoms with Crippen LogP contribution in [-0.4, -0.2) is 25.9 Å². The van der Waals surface area contributed by atoms with Gasteiger partial charge in [-0.3, -0.25) is 9.11 Å². The number of hydrogen-bond acceptors (Lipinski definition) is 5. The molecule has 0 atom stereocenters. The predicted octanol–water partition coefficient (Wildman–Crippen LogP) is 2.00. The zero-order valence-corrected chi connectivity index (χ0v) is 29.5. The Morgan fingerprint density at radius 1 is 0.564 bits per heavy atom. The Balaban J connectivity index is 0.00000722. The van der Waals surface area contributed by atoms with E-state index in [0.717, 1.165) is 19.3 Å². The number of ether oxygens (including phenoxy) is 1. The van der Waals surface area contributed by atoms with Gasteiger partial charge in [0.25, 0.3) is 20.2 Å². The van der Waals surface area contributed by atoms with Crippen molar-refractivity contribution in [1.29, 1.82) is 0 Å². The number of para-hydroxylation sites is 1. The third kappa shape index (κ3) is 15.2. The molecule has 0 saturated heterocycles. The average molecular weight is 601 g/mol. The van der Waals surface area contributed by atoms with E-state index in [1.165, 1.54) is 101 Å². The second-order valence-electron chi connectivity index (χ2n) is 9.58. The van der Waals surface area contributed by atoms with Crippen molar-refractivity contribution in [1.82, 2.24) is 0 Å². The topological polar surface area (TPSA) is 118 Å². The average Bonchev–Trinajstić information content (AvgIpc) is 2.84. The quantitative estimate of drug-likeness (QED) is 0.144. The van der Waals surface area contributed by atoms with Gasteiger partial charge in [-0.2, -0.15) is 16.8 Å². The Morgan fingerprint density at radius 2 is 0.974 bits per heavy atom. The molecule has 39 heavy (non-hydrogen) atoms. The van der Waals surface area contributed by atoms with E-state index in [0.29, 0.717) is 12.8 Å². The fourth-order valence-corrected chi connectivity index (χ4v) is 5.87. The van der Waals surface area contributed by atoms with Crippen LogP contribution >= 0.6 is 0 Å². The van der Waals surface area contributed by atoms with Gasteiger partial charge in [0.05, 0.1) is 0 Å². The molecule has 208 valence electrons. The third-order valence-corrected chi connectivity index (χ3v) is 8.33. The number of benzene rings is 2. The molecule has 0 spiro atoms. The fourth-order valence-electron chi connectivity index (χ4n) is 4.49. The number of rotatable bonds is 19. The zero-order chi connectivity index (χ0) is 27.2. The summed E-state index contributed by atoms with van der Waals surface area (Å²) in [4.78, 5) is -0.682. The standard InChI is InChI=1S/C28H42O7S2.2Na/c1-2-3-4-5-6-7-8-9-10-11-12-13-14-15-19-24-25(21-18-23-27(24)36(29,30)31)35-26-20-16-17-22-28(26)37(32,33)34;;/h16-18,20-23H,2-15,19H2,1H3,(H,29,30,31)(H,32,33,34);;/q;2*+1. The molecule has 0 aliphatic heterocycles. The number of unbranched alkanes of at least 4 members (excludes halogenated alkanes) is 13. The molecule has 11 heteroatoms. The molecule has 0 aliphatic rings. The van der Waals surface area contributed by atoms with Gasteiger partial charge >= 0.3 is 59.1 Å². The summed E-state index contributed by atoms with van der Waals surface area (Å²) >= 11 is 0. The van der Waals surface area contributed by atoms with E-state index in [2.05, 4.69) is 6.92 Å². The Bertz CT molecular complexity index is 1170. The summed E-state index contributed by atoms with van der Waals surface area (Å²) in [6.45, 7) is 2.24. The molecule has 0 amide bonds. The second kappa shape index (κ2) is 20.9. The molecule has 2 rings (SSSR count). The molecule has 0 heterocycles. The van der Waals surface area contributed by atoms with Crippen molar-refractivity contribution in [3.8, 4) is 11.5 Å². The largest absolute Gasteiger partial charge is 1.00 e. The van der Waals surface area contributed by atoms with Crippen molar-refractivity contribution in [3.63, 3.8) is 0 Å². The zero-order valence-electron chi connectivity index (χ0n) is 23.9. The van der Waals surface area contributed by atoms with Gasteiger partial charge in [0.15, 0.2) is 0 Å². The van der Waals surface area contributed by atoms with Crippen LogP contribution in [0.3, 0.4) is 0 Å². The van der Waals surface area contributed by atoms with Gasteiger partial charge in [-0.15, -0.1) is 0 Å². The monoisotopic (exact) mass is 600 g/mol. The Kier molecular flexibility index (Phi) is 20.9. The van der Waals surface area contributed by atoms with Crippen LogP contribution in [-0.2, 0) is 26.7 Å². The van der Waals surface area contributed by atoms with Crippen molar-refractivity contribution in [2.75, 3.05) is 0 Å². The van der Waals surface area contributed by atoms with E-state index in [1.54, 1.807) is 6.07 Å². The van der Waals surface area contributed by atoms with Gasteiger partial charge in [-0.1, -0.05) is 109 Å². The second-order valence-corrected chi connectivity index (χ2v) is 12.4. The third-order valence-electron chi connectivity index (χ3n) is 6.50. The van der Waals surface area contributed by atoms with Crippen molar-refractivity contribution < 1.29 is 89.8 Å². The molecular formula is C28H42Na2O7S2+2. The van der Waals surface area contributed by atoms with Gasteiger partial charge < -0.3 is 4.74 Å². The molecule has 2 aromatic carbocycles. The minimum atomic E-state index is -4.54. The number of hydrogen-bond donors (Lipinski definition) is 2. The van der Waals surface area contributed by atoms with E-state index < -0.39 is 25.1 Å². The Labute approximate surface area is 280 Å². The van der Waals surface area contributed by atoms with Crippen LogP contribution in [0.25, 0.3) is 0 Å². The van der Waals surface area contributed by atoms with Crippen LogP contribution < -0.4 is 63.9 Å². The maximum absolute atomic E-state index is 12.0. The SMILES string of the molecule is CCCCCCCCCCCCCCCCc1c(Oc2ccccc2S(=O)(=O)O)cccc1S(=O)(=O)O.[Na+].[Na+]. The fraction of sp³-hybridized carbons (Fsp3) is 0.571. The van der Waals surface area contributed by atoms with Crippen molar-refractivity contribution >= 4 is 20.2 Å². The molecule has 0 bridgehead atoms. The molecular weight excluding hydrogens is 558 g/mol. The summed E-state index contributed by atoms with van der Waals surface area (Å²) in [6, 6.07) is 9.81. The summed E-state index contributed by atoms with van der Waals surface area (Å²) in [6.07, 6.45) is 17.1. The molecule has 0 unspecified atom stereocenters. The first-order valence-corrected chi connectivity index (χ1v) is 16.4. The van der Waals surface area contributed by atoms with E-state index in [1.807, 2.05) is 0 Å². The maximum Gasteiger partial charge on any atom is 1.00 e. The summed E-state index contributed by atoms with van der Waals surface area (Å²) in [7, 11) is -9.04. The van der Waals surface area contributed by atoms with Crippen LogP contribution in [0.2, 0.25) is 0 Å². The van der Waals surface area contributed by atoms with Crippen molar-refractivity contribution in [2.45, 2.75) is 113 Å². The maximum atomic E-state index is 12.0. The van der Waals surface area contributed by atoms with Gasteiger partial charge in [-0.25, -0.2) is 0 Å². The minimum Gasteiger partial charge on any atom is -0.456 e. The summed E-state index contributed by atoms with van der Waals surface area (Å²) in [5.41, 5.74) is 0.286. The smallest absolute Gasteiger partial charge is 0.456 e. The molecule has 0 saturated carbocycles. The Morgan fingerprint density at radius 3 is 1.46 bits per heavy atom. The van der Waals surface area contributed by atoms with E-state index in [9.17, 15) is 25.9 Å². The van der Waals surface area contributed by atoms with Crippen LogP contribution in [0.15, 0.2) is 52.3 Å². The molecule has 7 nitrogen and oxygen atoms in total. The van der Waals surface area contributed by atoms with Crippen LogP contribution in [0.4, 0.5) is 0 Å². The van der Waals surface area contributed by atoms with Gasteiger partial charge in [0.1, 0.15) is 21.3 Å². The Hall–Kier alpha value is 0.0600. The molecule has 2 aromatic rings. The van der Waals surface area contributed by atoms with Crippen LogP contribution in [0.5, 0.6) is 11.5 Å². The van der Waals surface area contributed by atoms with Gasteiger partial charge in [0.2, 0.25) is 0 Å². The predicted molar refractivity (Wildman–Crippen MR) is 147 cm³/mol. The van der Waals surface area contributed by atoms with Crippen LogP contribution in [0, 0.1) is 0 Å². The van der Waals surface area contributed by atoms with Gasteiger partial charge in [-0.05, 0) is 37.1 Å². The van der Waals surface area contributed by atoms with Gasteiger partial charge in [0, 0.05) is 5.56 Å². The van der Waals surface area contributed by atoms with Crippen LogP contribution in [0.1, 0.15) is 102 Å². The van der Waals surface area contributed by atoms with Crippen molar-refractivity contribution in [3.05, 3.63) is 48.0 Å². The van der Waals surface area contributed by atoms with E-state index in [-0.39, 0.29) is 81.1 Å². The first kappa shape index (κ1) is 39.1. The van der Waals surface area contributed by atoms with E-state index >= 15 is 0 Å². The van der Waals surface area contributed by atoms with E-state index in [4.69, 9.17) is 4.74 Å².